The number of benzene rings is 1. The number of aliphatic hydroxyl groups excluding tert-OH is 1. The van der Waals surface area contributed by atoms with Gasteiger partial charge in [-0.2, -0.15) is 0 Å². The number of carboxylic acid groups (broad SMARTS) is 1. The van der Waals surface area contributed by atoms with E-state index in [4.69, 9.17) is 5.11 Å². The fraction of sp³-hybridized carbons (Fsp3) is 0.579. The second kappa shape index (κ2) is 8.34. The summed E-state index contributed by atoms with van der Waals surface area (Å²) in [6.07, 6.45) is 2.72. The van der Waals surface area contributed by atoms with Gasteiger partial charge in [0, 0.05) is 29.8 Å². The van der Waals surface area contributed by atoms with Gasteiger partial charge in [-0.05, 0) is 43.4 Å². The highest BCUT2D eigenvalue weighted by Crippen LogP contribution is 2.36. The average Bonchev–Trinajstić information content (AvgIpc) is 2.59. The summed E-state index contributed by atoms with van der Waals surface area (Å²) < 4.78 is 0. The number of rotatable bonds is 7. The van der Waals surface area contributed by atoms with Crippen molar-refractivity contribution in [1.29, 1.82) is 0 Å². The van der Waals surface area contributed by atoms with Crippen molar-refractivity contribution in [2.24, 2.45) is 11.3 Å². The third kappa shape index (κ3) is 5.19. The fourth-order valence-corrected chi connectivity index (χ4v) is 3.73. The van der Waals surface area contributed by atoms with Crippen molar-refractivity contribution in [2.75, 3.05) is 31.6 Å². The largest absolute Gasteiger partial charge is 0.480 e. The molecule has 1 saturated heterocycles. The highest BCUT2D eigenvalue weighted by molar-refractivity contribution is 5.95. The van der Waals surface area contributed by atoms with Gasteiger partial charge in [-0.1, -0.05) is 19.9 Å². The first-order valence-corrected chi connectivity index (χ1v) is 8.81. The molecule has 6 nitrogen and oxygen atoms in total. The molecular formula is C19H28N2O4. The number of nitrogens with zero attached hydrogens (tertiary/aromatic N) is 1. The zero-order chi connectivity index (χ0) is 18.4. The van der Waals surface area contributed by atoms with E-state index < -0.39 is 5.97 Å². The number of aliphatic hydroxyl groups is 1. The average molecular weight is 348 g/mol. The number of amides is 1. The molecule has 1 fully saturated rings. The van der Waals surface area contributed by atoms with Crippen LogP contribution in [-0.2, 0) is 4.79 Å². The molecule has 1 aliphatic heterocycles. The summed E-state index contributed by atoms with van der Waals surface area (Å²) >= 11 is 0. The summed E-state index contributed by atoms with van der Waals surface area (Å²) in [7, 11) is 0. The van der Waals surface area contributed by atoms with Crippen molar-refractivity contribution in [3.05, 3.63) is 29.8 Å². The lowest BCUT2D eigenvalue weighted by atomic mass is 9.74. The molecule has 1 aromatic rings. The van der Waals surface area contributed by atoms with Gasteiger partial charge in [0.1, 0.15) is 6.54 Å². The van der Waals surface area contributed by atoms with Crippen LogP contribution >= 0.6 is 0 Å². The van der Waals surface area contributed by atoms with E-state index >= 15 is 0 Å². The second-order valence-corrected chi connectivity index (χ2v) is 7.41. The van der Waals surface area contributed by atoms with Crippen molar-refractivity contribution in [2.45, 2.75) is 33.1 Å². The van der Waals surface area contributed by atoms with Crippen LogP contribution in [-0.4, -0.2) is 53.2 Å². The van der Waals surface area contributed by atoms with Crippen LogP contribution in [0.1, 0.15) is 43.5 Å². The Morgan fingerprint density at radius 1 is 1.36 bits per heavy atom. The van der Waals surface area contributed by atoms with E-state index in [2.05, 4.69) is 19.2 Å². The molecule has 6 heteroatoms. The van der Waals surface area contributed by atoms with Crippen molar-refractivity contribution < 1.29 is 19.8 Å². The van der Waals surface area contributed by atoms with E-state index in [-0.39, 0.29) is 24.5 Å². The minimum atomic E-state index is -0.950. The van der Waals surface area contributed by atoms with Gasteiger partial charge in [0.2, 0.25) is 0 Å². The van der Waals surface area contributed by atoms with Crippen LogP contribution in [0.2, 0.25) is 0 Å². The second-order valence-electron chi connectivity index (χ2n) is 7.41. The fourth-order valence-electron chi connectivity index (χ4n) is 3.73. The minimum absolute atomic E-state index is 0.0692. The first kappa shape index (κ1) is 19.2. The van der Waals surface area contributed by atoms with E-state index in [1.54, 1.807) is 24.3 Å². The number of carboxylic acids is 1. The Balaban J connectivity index is 2.11. The molecule has 0 aliphatic carbocycles. The van der Waals surface area contributed by atoms with Gasteiger partial charge in [-0.3, -0.25) is 9.59 Å². The van der Waals surface area contributed by atoms with Crippen molar-refractivity contribution in [3.63, 3.8) is 0 Å². The Bertz CT molecular complexity index is 617. The third-order valence-corrected chi connectivity index (χ3v) is 4.68. The highest BCUT2D eigenvalue weighted by Gasteiger charge is 2.37. The maximum atomic E-state index is 12.9. The predicted molar refractivity (Wildman–Crippen MR) is 96.7 cm³/mol. The zero-order valence-electron chi connectivity index (χ0n) is 15.0. The van der Waals surface area contributed by atoms with Gasteiger partial charge in [-0.15, -0.1) is 0 Å². The van der Waals surface area contributed by atoms with Gasteiger partial charge < -0.3 is 20.4 Å². The normalized spacial score (nSPS) is 20.6. The molecule has 1 heterocycles. The highest BCUT2D eigenvalue weighted by atomic mass is 16.4. The zero-order valence-corrected chi connectivity index (χ0v) is 15.0. The number of aliphatic carboxylic acids is 1. The molecule has 138 valence electrons. The van der Waals surface area contributed by atoms with Crippen LogP contribution in [0.4, 0.5) is 5.69 Å². The predicted octanol–water partition coefficient (Wildman–Crippen LogP) is 2.44. The monoisotopic (exact) mass is 348 g/mol. The number of anilines is 1. The van der Waals surface area contributed by atoms with Gasteiger partial charge in [0.25, 0.3) is 5.91 Å². The topological polar surface area (TPSA) is 89.9 Å². The lowest BCUT2D eigenvalue weighted by molar-refractivity contribution is -0.134. The first-order valence-electron chi connectivity index (χ1n) is 8.81. The summed E-state index contributed by atoms with van der Waals surface area (Å²) in [6.45, 7) is 5.42. The Morgan fingerprint density at radius 3 is 2.76 bits per heavy atom. The van der Waals surface area contributed by atoms with Crippen LogP contribution in [0.5, 0.6) is 0 Å². The Kier molecular flexibility index (Phi) is 6.42. The third-order valence-electron chi connectivity index (χ3n) is 4.68. The molecule has 1 aliphatic rings. The van der Waals surface area contributed by atoms with Crippen LogP contribution < -0.4 is 5.32 Å². The molecule has 0 saturated carbocycles. The minimum Gasteiger partial charge on any atom is -0.480 e. The summed E-state index contributed by atoms with van der Waals surface area (Å²) in [4.78, 5) is 25.4. The molecule has 1 aromatic carbocycles. The number of carbonyl (C=O) groups is 2. The Labute approximate surface area is 148 Å². The smallest absolute Gasteiger partial charge is 0.322 e. The molecule has 2 rings (SSSR count). The molecule has 25 heavy (non-hydrogen) atoms. The SMILES string of the molecule is CC(C)C[C@]1(CO)CCCN(C(=O)c2cccc(NCC(=O)O)c2)C1. The molecule has 1 amide bonds. The van der Waals surface area contributed by atoms with Crippen molar-refractivity contribution in [1.82, 2.24) is 4.90 Å². The maximum absolute atomic E-state index is 12.9. The molecular weight excluding hydrogens is 320 g/mol. The molecule has 0 aromatic heterocycles. The molecule has 0 bridgehead atoms. The molecule has 0 unspecified atom stereocenters. The molecule has 0 spiro atoms. The number of hydrogen-bond acceptors (Lipinski definition) is 4. The summed E-state index contributed by atoms with van der Waals surface area (Å²) in [5, 5.41) is 21.5. The van der Waals surface area contributed by atoms with Gasteiger partial charge in [0.05, 0.1) is 6.61 Å². The Hall–Kier alpha value is -2.08. The number of hydrogen-bond donors (Lipinski definition) is 3. The lowest BCUT2D eigenvalue weighted by Gasteiger charge is -2.43. The van der Waals surface area contributed by atoms with E-state index in [0.717, 1.165) is 19.3 Å². The van der Waals surface area contributed by atoms with Gasteiger partial charge in [0.15, 0.2) is 0 Å². The molecule has 3 N–H and O–H groups in total. The number of piperidine rings is 1. The number of carbonyl (C=O) groups excluding carboxylic acids is 1. The first-order chi connectivity index (χ1) is 11.8. The lowest BCUT2D eigenvalue weighted by Crippen LogP contribution is -2.48. The standard InChI is InChI=1S/C19H28N2O4/c1-14(2)10-19(13-22)7-4-8-21(12-19)18(25)15-5-3-6-16(9-15)20-11-17(23)24/h3,5-6,9,14,20,22H,4,7-8,10-13H2,1-2H3,(H,23,24)/t19-/m1/s1. The van der Waals surface area contributed by atoms with Crippen LogP contribution in [0.3, 0.4) is 0 Å². The molecule has 0 radical (unpaired) electrons. The van der Waals surface area contributed by atoms with E-state index in [1.165, 1.54) is 0 Å². The number of nitrogens with one attached hydrogen (secondary N) is 1. The van der Waals surface area contributed by atoms with Gasteiger partial charge in [-0.25, -0.2) is 0 Å². The quantitative estimate of drug-likeness (QED) is 0.704. The van der Waals surface area contributed by atoms with E-state index in [9.17, 15) is 14.7 Å². The summed E-state index contributed by atoms with van der Waals surface area (Å²) in [6, 6.07) is 6.91. The number of likely N-dealkylation sites (tertiary alicyclic amines) is 1. The van der Waals surface area contributed by atoms with Crippen LogP contribution in [0, 0.1) is 11.3 Å². The van der Waals surface area contributed by atoms with Crippen LogP contribution in [0.15, 0.2) is 24.3 Å². The van der Waals surface area contributed by atoms with Crippen molar-refractivity contribution >= 4 is 17.6 Å². The maximum Gasteiger partial charge on any atom is 0.322 e. The summed E-state index contributed by atoms with van der Waals surface area (Å²) in [5.41, 5.74) is 0.927. The summed E-state index contributed by atoms with van der Waals surface area (Å²) in [5.74, 6) is -0.555. The van der Waals surface area contributed by atoms with Crippen molar-refractivity contribution in [3.8, 4) is 0 Å². The van der Waals surface area contributed by atoms with E-state index in [1.807, 2.05) is 4.90 Å². The van der Waals surface area contributed by atoms with Gasteiger partial charge >= 0.3 is 5.97 Å². The molecule has 1 atom stereocenters. The Morgan fingerprint density at radius 2 is 2.12 bits per heavy atom. The van der Waals surface area contributed by atoms with Crippen LogP contribution in [0.25, 0.3) is 0 Å². The van der Waals surface area contributed by atoms with E-state index in [0.29, 0.717) is 30.3 Å².